The molecule has 4 heteroatoms. The van der Waals surface area contributed by atoms with Gasteiger partial charge in [0.1, 0.15) is 0 Å². The molecule has 0 amide bonds. The maximum atomic E-state index is 11.8. The summed E-state index contributed by atoms with van der Waals surface area (Å²) in [6.45, 7) is 2.01. The molecule has 2 fully saturated rings. The van der Waals surface area contributed by atoms with Crippen LogP contribution in [0.4, 0.5) is 0 Å². The first-order valence-corrected chi connectivity index (χ1v) is 8.31. The molecular formula is C15H24Cl2O2. The lowest BCUT2D eigenvalue weighted by atomic mass is 9.87. The second kappa shape index (κ2) is 6.32. The molecule has 4 atom stereocenters. The van der Waals surface area contributed by atoms with Crippen LogP contribution in [0.1, 0.15) is 58.3 Å². The predicted molar refractivity (Wildman–Crippen MR) is 78.5 cm³/mol. The molecular weight excluding hydrogens is 283 g/mol. The Bertz CT molecular complexity index is 330. The standard InChI is InChI=1S/C15H24Cl2O2/c1-2-12(18)6-4-3-5-10-7-8-11-9-13(19)15(16,17)14(10)11/h10-12,14,18H,2-9H2,1H3. The highest BCUT2D eigenvalue weighted by atomic mass is 35.5. The summed E-state index contributed by atoms with van der Waals surface area (Å²) in [5, 5.41) is 9.53. The lowest BCUT2D eigenvalue weighted by Gasteiger charge is -2.26. The van der Waals surface area contributed by atoms with Crippen LogP contribution in [0.3, 0.4) is 0 Å². The molecule has 0 heterocycles. The molecule has 2 aliphatic carbocycles. The van der Waals surface area contributed by atoms with Gasteiger partial charge in [0.2, 0.25) is 0 Å². The minimum Gasteiger partial charge on any atom is -0.393 e. The molecule has 0 saturated heterocycles. The molecule has 0 aromatic rings. The molecule has 0 bridgehead atoms. The first-order chi connectivity index (χ1) is 8.96. The van der Waals surface area contributed by atoms with Crippen LogP contribution < -0.4 is 0 Å². The van der Waals surface area contributed by atoms with Crippen LogP contribution in [-0.4, -0.2) is 21.3 Å². The van der Waals surface area contributed by atoms with Crippen molar-refractivity contribution in [3.8, 4) is 0 Å². The number of Topliss-reactive ketones (excluding diaryl/α,β-unsaturated/α-hetero) is 1. The Morgan fingerprint density at radius 1 is 1.37 bits per heavy atom. The number of unbranched alkanes of at least 4 members (excludes halogenated alkanes) is 1. The number of carbonyl (C=O) groups excluding carboxylic acids is 1. The first-order valence-electron chi connectivity index (χ1n) is 7.56. The van der Waals surface area contributed by atoms with Gasteiger partial charge in [0, 0.05) is 12.3 Å². The third kappa shape index (κ3) is 3.28. The monoisotopic (exact) mass is 306 g/mol. The number of ketones is 1. The summed E-state index contributed by atoms with van der Waals surface area (Å²) >= 11 is 12.6. The van der Waals surface area contributed by atoms with E-state index in [1.165, 1.54) is 0 Å². The Balaban J connectivity index is 1.80. The van der Waals surface area contributed by atoms with E-state index in [2.05, 4.69) is 0 Å². The number of hydrogen-bond donors (Lipinski definition) is 1. The second-order valence-electron chi connectivity index (χ2n) is 6.22. The van der Waals surface area contributed by atoms with Crippen molar-refractivity contribution >= 4 is 29.0 Å². The summed E-state index contributed by atoms with van der Waals surface area (Å²) in [6.07, 6.45) is 7.61. The molecule has 0 aromatic carbocycles. The number of carbonyl (C=O) groups is 1. The fourth-order valence-corrected chi connectivity index (χ4v) is 4.73. The lowest BCUT2D eigenvalue weighted by molar-refractivity contribution is -0.118. The topological polar surface area (TPSA) is 37.3 Å². The lowest BCUT2D eigenvalue weighted by Crippen LogP contribution is -2.31. The van der Waals surface area contributed by atoms with E-state index in [0.29, 0.717) is 18.3 Å². The van der Waals surface area contributed by atoms with Gasteiger partial charge in [0.15, 0.2) is 10.1 Å². The Kier molecular flexibility index (Phi) is 5.19. The largest absolute Gasteiger partial charge is 0.393 e. The Morgan fingerprint density at radius 2 is 2.11 bits per heavy atom. The fourth-order valence-electron chi connectivity index (χ4n) is 3.87. The van der Waals surface area contributed by atoms with E-state index in [1.807, 2.05) is 6.92 Å². The van der Waals surface area contributed by atoms with Gasteiger partial charge in [-0.3, -0.25) is 4.79 Å². The molecule has 2 nitrogen and oxygen atoms in total. The molecule has 0 radical (unpaired) electrons. The Morgan fingerprint density at radius 3 is 2.79 bits per heavy atom. The molecule has 0 aromatic heterocycles. The molecule has 2 rings (SSSR count). The maximum absolute atomic E-state index is 11.8. The maximum Gasteiger partial charge on any atom is 0.179 e. The first kappa shape index (κ1) is 15.6. The van der Waals surface area contributed by atoms with Gasteiger partial charge in [-0.15, -0.1) is 0 Å². The van der Waals surface area contributed by atoms with Gasteiger partial charge in [-0.05, 0) is 37.5 Å². The van der Waals surface area contributed by atoms with Crippen molar-refractivity contribution in [3.63, 3.8) is 0 Å². The highest BCUT2D eigenvalue weighted by Gasteiger charge is 2.57. The summed E-state index contributed by atoms with van der Waals surface area (Å²) in [6, 6.07) is 0. The normalized spacial score (nSPS) is 34.5. The van der Waals surface area contributed by atoms with Crippen molar-refractivity contribution in [2.24, 2.45) is 17.8 Å². The molecule has 1 N–H and O–H groups in total. The zero-order valence-electron chi connectivity index (χ0n) is 11.6. The molecule has 19 heavy (non-hydrogen) atoms. The molecule has 2 saturated carbocycles. The van der Waals surface area contributed by atoms with Crippen LogP contribution in [0.15, 0.2) is 0 Å². The van der Waals surface area contributed by atoms with Gasteiger partial charge in [0.05, 0.1) is 6.10 Å². The van der Waals surface area contributed by atoms with E-state index in [4.69, 9.17) is 23.2 Å². The van der Waals surface area contributed by atoms with E-state index in [1.54, 1.807) is 0 Å². The van der Waals surface area contributed by atoms with Gasteiger partial charge < -0.3 is 5.11 Å². The average molecular weight is 307 g/mol. The van der Waals surface area contributed by atoms with E-state index < -0.39 is 4.33 Å². The van der Waals surface area contributed by atoms with Crippen LogP contribution in [0.2, 0.25) is 0 Å². The van der Waals surface area contributed by atoms with E-state index in [0.717, 1.165) is 44.9 Å². The molecule has 4 unspecified atom stereocenters. The number of aliphatic hydroxyl groups is 1. The SMILES string of the molecule is CCC(O)CCCCC1CCC2CC(=O)C(Cl)(Cl)C12. The summed E-state index contributed by atoms with van der Waals surface area (Å²) in [4.78, 5) is 11.8. The fraction of sp³-hybridized carbons (Fsp3) is 0.933. The van der Waals surface area contributed by atoms with Gasteiger partial charge in [-0.1, -0.05) is 49.4 Å². The summed E-state index contributed by atoms with van der Waals surface area (Å²) < 4.78 is -1.13. The summed E-state index contributed by atoms with van der Waals surface area (Å²) in [7, 11) is 0. The molecule has 110 valence electrons. The van der Waals surface area contributed by atoms with Crippen LogP contribution in [0, 0.1) is 17.8 Å². The quantitative estimate of drug-likeness (QED) is 0.592. The smallest absolute Gasteiger partial charge is 0.179 e. The number of alkyl halides is 2. The predicted octanol–water partition coefficient (Wildman–Crippen LogP) is 4.11. The van der Waals surface area contributed by atoms with Crippen LogP contribution in [-0.2, 0) is 4.79 Å². The van der Waals surface area contributed by atoms with Crippen molar-refractivity contribution in [1.29, 1.82) is 0 Å². The van der Waals surface area contributed by atoms with Crippen molar-refractivity contribution in [3.05, 3.63) is 0 Å². The van der Waals surface area contributed by atoms with E-state index in [9.17, 15) is 9.90 Å². The van der Waals surface area contributed by atoms with Gasteiger partial charge >= 0.3 is 0 Å². The molecule has 0 aliphatic heterocycles. The minimum absolute atomic E-state index is 0.0249. The highest BCUT2D eigenvalue weighted by Crippen LogP contribution is 2.56. The van der Waals surface area contributed by atoms with Crippen LogP contribution >= 0.6 is 23.2 Å². The number of rotatable bonds is 6. The van der Waals surface area contributed by atoms with Crippen molar-refractivity contribution in [2.75, 3.05) is 0 Å². The minimum atomic E-state index is -1.13. The van der Waals surface area contributed by atoms with Crippen molar-refractivity contribution in [2.45, 2.75) is 68.7 Å². The Hall–Kier alpha value is 0.210. The number of aliphatic hydroxyl groups excluding tert-OH is 1. The molecule has 0 spiro atoms. The third-order valence-electron chi connectivity index (χ3n) is 5.00. The average Bonchev–Trinajstić information content (AvgIpc) is 2.86. The van der Waals surface area contributed by atoms with Crippen LogP contribution in [0.25, 0.3) is 0 Å². The third-order valence-corrected chi connectivity index (χ3v) is 5.92. The molecule has 2 aliphatic rings. The van der Waals surface area contributed by atoms with Crippen LogP contribution in [0.5, 0.6) is 0 Å². The van der Waals surface area contributed by atoms with E-state index in [-0.39, 0.29) is 17.8 Å². The number of fused-ring (bicyclic) bond motifs is 1. The zero-order chi connectivity index (χ0) is 14.0. The van der Waals surface area contributed by atoms with Crippen molar-refractivity contribution in [1.82, 2.24) is 0 Å². The number of halogens is 2. The van der Waals surface area contributed by atoms with Gasteiger partial charge in [-0.2, -0.15) is 0 Å². The van der Waals surface area contributed by atoms with E-state index >= 15 is 0 Å². The summed E-state index contributed by atoms with van der Waals surface area (Å²) in [5.41, 5.74) is 0. The number of hydrogen-bond acceptors (Lipinski definition) is 2. The van der Waals surface area contributed by atoms with Gasteiger partial charge in [0.25, 0.3) is 0 Å². The Labute approximate surface area is 125 Å². The second-order valence-corrected chi connectivity index (χ2v) is 7.61. The van der Waals surface area contributed by atoms with Crippen molar-refractivity contribution < 1.29 is 9.90 Å². The highest BCUT2D eigenvalue weighted by molar-refractivity contribution is 6.59. The summed E-state index contributed by atoms with van der Waals surface area (Å²) in [5.74, 6) is 1.09. The van der Waals surface area contributed by atoms with Gasteiger partial charge in [-0.25, -0.2) is 0 Å². The zero-order valence-corrected chi connectivity index (χ0v) is 13.1.